The number of para-hydroxylation sites is 2. The fourth-order valence-electron chi connectivity index (χ4n) is 4.62. The predicted molar refractivity (Wildman–Crippen MR) is 137 cm³/mol. The monoisotopic (exact) mass is 486 g/mol. The van der Waals surface area contributed by atoms with Crippen LogP contribution >= 0.6 is 11.6 Å². The van der Waals surface area contributed by atoms with Crippen molar-refractivity contribution in [3.05, 3.63) is 100 Å². The number of carbonyl (C=O) groups excluding carboxylic acids is 2. The van der Waals surface area contributed by atoms with Crippen LogP contribution < -0.4 is 9.64 Å². The van der Waals surface area contributed by atoms with Crippen LogP contribution in [0.25, 0.3) is 16.7 Å². The number of anilines is 1. The molecule has 1 aromatic heterocycles. The van der Waals surface area contributed by atoms with Crippen molar-refractivity contribution in [1.29, 1.82) is 0 Å². The second-order valence-electron chi connectivity index (χ2n) is 8.32. The summed E-state index contributed by atoms with van der Waals surface area (Å²) >= 11 is 6.43. The lowest BCUT2D eigenvalue weighted by Gasteiger charge is -2.26. The van der Waals surface area contributed by atoms with Crippen LogP contribution in [0.1, 0.15) is 29.7 Å². The van der Waals surface area contributed by atoms with E-state index in [0.29, 0.717) is 23.6 Å². The standard InChI is InChI=1S/C28H23ClN2O4/c1-3-35-17-12-13-21(29)19(14-17)26(32)24-25(20-15-30-22-10-6-5-9-18(20)22)31(28(34)27(24)33)23-11-7-4-8-16(23)2/h4-15,25,30,32H,3H2,1-2H3/b26-24+. The summed E-state index contributed by atoms with van der Waals surface area (Å²) in [5, 5.41) is 12.6. The van der Waals surface area contributed by atoms with Crippen LogP contribution in [0.5, 0.6) is 5.75 Å². The number of aromatic amines is 1. The zero-order valence-corrected chi connectivity index (χ0v) is 20.0. The molecule has 35 heavy (non-hydrogen) atoms. The van der Waals surface area contributed by atoms with Gasteiger partial charge in [0.1, 0.15) is 11.5 Å². The number of amides is 1. The molecule has 0 aliphatic carbocycles. The Morgan fingerprint density at radius 1 is 1.09 bits per heavy atom. The van der Waals surface area contributed by atoms with Gasteiger partial charge in [-0.1, -0.05) is 48.0 Å². The molecule has 1 amide bonds. The maximum absolute atomic E-state index is 13.5. The number of halogens is 1. The number of hydrogen-bond donors (Lipinski definition) is 2. The van der Waals surface area contributed by atoms with E-state index in [-0.39, 0.29) is 21.9 Å². The van der Waals surface area contributed by atoms with Crippen LogP contribution in [0.2, 0.25) is 5.02 Å². The molecule has 0 saturated carbocycles. The summed E-state index contributed by atoms with van der Waals surface area (Å²) in [6.45, 7) is 4.15. The molecule has 1 fully saturated rings. The maximum atomic E-state index is 13.5. The normalized spacial score (nSPS) is 17.3. The van der Waals surface area contributed by atoms with E-state index in [1.54, 1.807) is 30.5 Å². The molecule has 1 unspecified atom stereocenters. The number of rotatable bonds is 5. The third kappa shape index (κ3) is 3.76. The van der Waals surface area contributed by atoms with E-state index in [2.05, 4.69) is 4.98 Å². The number of H-pyrrole nitrogens is 1. The van der Waals surface area contributed by atoms with Gasteiger partial charge in [0.15, 0.2) is 0 Å². The number of ketones is 1. The Morgan fingerprint density at radius 3 is 2.60 bits per heavy atom. The summed E-state index contributed by atoms with van der Waals surface area (Å²) in [7, 11) is 0. The Hall–Kier alpha value is -4.03. The lowest BCUT2D eigenvalue weighted by Crippen LogP contribution is -2.30. The summed E-state index contributed by atoms with van der Waals surface area (Å²) < 4.78 is 5.57. The molecule has 0 spiro atoms. The molecule has 4 aromatic rings. The number of benzene rings is 3. The average molecular weight is 487 g/mol. The smallest absolute Gasteiger partial charge is 0.300 e. The van der Waals surface area contributed by atoms with E-state index in [4.69, 9.17) is 16.3 Å². The second kappa shape index (κ2) is 8.96. The number of hydrogen-bond acceptors (Lipinski definition) is 4. The van der Waals surface area contributed by atoms with E-state index >= 15 is 0 Å². The number of Topliss-reactive ketones (excluding diaryl/α,β-unsaturated/α-hetero) is 1. The SMILES string of the molecule is CCOc1ccc(Cl)c(/C(O)=C2\C(=O)C(=O)N(c3ccccc3C)C2c2c[nH]c3ccccc23)c1. The highest BCUT2D eigenvalue weighted by Crippen LogP contribution is 2.45. The molecular formula is C28H23ClN2O4. The van der Waals surface area contributed by atoms with E-state index in [1.807, 2.05) is 56.3 Å². The van der Waals surface area contributed by atoms with Crippen LogP contribution in [0, 0.1) is 6.92 Å². The number of nitrogens with zero attached hydrogens (tertiary/aromatic N) is 1. The summed E-state index contributed by atoms with van der Waals surface area (Å²) in [6, 6.07) is 19.0. The van der Waals surface area contributed by atoms with E-state index in [9.17, 15) is 14.7 Å². The number of nitrogens with one attached hydrogen (secondary N) is 1. The van der Waals surface area contributed by atoms with E-state index in [1.165, 1.54) is 4.90 Å². The van der Waals surface area contributed by atoms with Crippen LogP contribution in [-0.2, 0) is 9.59 Å². The molecular weight excluding hydrogens is 464 g/mol. The van der Waals surface area contributed by atoms with Crippen molar-refractivity contribution in [1.82, 2.24) is 4.98 Å². The van der Waals surface area contributed by atoms with Gasteiger partial charge in [0, 0.05) is 33.9 Å². The zero-order chi connectivity index (χ0) is 24.7. The lowest BCUT2D eigenvalue weighted by molar-refractivity contribution is -0.132. The largest absolute Gasteiger partial charge is 0.507 e. The van der Waals surface area contributed by atoms with Crippen molar-refractivity contribution in [2.75, 3.05) is 11.5 Å². The maximum Gasteiger partial charge on any atom is 0.300 e. The highest BCUT2D eigenvalue weighted by atomic mass is 35.5. The molecule has 2 N–H and O–H groups in total. The fourth-order valence-corrected chi connectivity index (χ4v) is 4.82. The van der Waals surface area contributed by atoms with Crippen LogP contribution in [0.15, 0.2) is 78.5 Å². The molecule has 0 bridgehead atoms. The number of aromatic nitrogens is 1. The van der Waals surface area contributed by atoms with Gasteiger partial charge in [0.25, 0.3) is 11.7 Å². The quantitative estimate of drug-likeness (QED) is 0.201. The first-order valence-corrected chi connectivity index (χ1v) is 11.7. The third-order valence-electron chi connectivity index (χ3n) is 6.24. The number of aliphatic hydroxyl groups excluding tert-OH is 1. The van der Waals surface area contributed by atoms with Gasteiger partial charge in [0.2, 0.25) is 0 Å². The molecule has 1 atom stereocenters. The Balaban J connectivity index is 1.80. The predicted octanol–water partition coefficient (Wildman–Crippen LogP) is 6.15. The van der Waals surface area contributed by atoms with Crippen molar-refractivity contribution >= 4 is 45.6 Å². The number of aryl methyl sites for hydroxylation is 1. The highest BCUT2D eigenvalue weighted by molar-refractivity contribution is 6.52. The summed E-state index contributed by atoms with van der Waals surface area (Å²) in [5.74, 6) is -1.34. The highest BCUT2D eigenvalue weighted by Gasteiger charge is 2.48. The number of fused-ring (bicyclic) bond motifs is 1. The number of carbonyl (C=O) groups is 2. The van der Waals surface area contributed by atoms with Gasteiger partial charge < -0.3 is 14.8 Å². The number of ether oxygens (including phenoxy) is 1. The Labute approximate surface area is 207 Å². The molecule has 2 heterocycles. The molecule has 1 saturated heterocycles. The molecule has 7 heteroatoms. The first-order valence-electron chi connectivity index (χ1n) is 11.3. The zero-order valence-electron chi connectivity index (χ0n) is 19.2. The van der Waals surface area contributed by atoms with Crippen molar-refractivity contribution in [3.8, 4) is 5.75 Å². The molecule has 6 nitrogen and oxygen atoms in total. The van der Waals surface area contributed by atoms with E-state index < -0.39 is 17.7 Å². The van der Waals surface area contributed by atoms with Gasteiger partial charge in [-0.15, -0.1) is 0 Å². The average Bonchev–Trinajstić information content (AvgIpc) is 3.39. The topological polar surface area (TPSA) is 82.6 Å². The Bertz CT molecular complexity index is 1500. The van der Waals surface area contributed by atoms with Crippen LogP contribution in [0.3, 0.4) is 0 Å². The first-order chi connectivity index (χ1) is 16.9. The lowest BCUT2D eigenvalue weighted by atomic mass is 9.94. The van der Waals surface area contributed by atoms with Crippen molar-refractivity contribution in [2.24, 2.45) is 0 Å². The molecule has 1 aliphatic heterocycles. The molecule has 3 aromatic carbocycles. The van der Waals surface area contributed by atoms with Crippen LogP contribution in [0.4, 0.5) is 5.69 Å². The van der Waals surface area contributed by atoms with Gasteiger partial charge in [-0.05, 0) is 49.7 Å². The molecule has 0 radical (unpaired) electrons. The van der Waals surface area contributed by atoms with Gasteiger partial charge in [-0.2, -0.15) is 0 Å². The van der Waals surface area contributed by atoms with Gasteiger partial charge in [-0.3, -0.25) is 14.5 Å². The third-order valence-corrected chi connectivity index (χ3v) is 6.57. The van der Waals surface area contributed by atoms with Crippen molar-refractivity contribution in [3.63, 3.8) is 0 Å². The minimum atomic E-state index is -0.862. The van der Waals surface area contributed by atoms with Crippen molar-refractivity contribution in [2.45, 2.75) is 19.9 Å². The van der Waals surface area contributed by atoms with Crippen molar-refractivity contribution < 1.29 is 19.4 Å². The summed E-state index contributed by atoms with van der Waals surface area (Å²) in [6.07, 6.45) is 1.78. The fraction of sp³-hybridized carbons (Fsp3) is 0.143. The summed E-state index contributed by atoms with van der Waals surface area (Å²) in [5.41, 5.74) is 3.17. The van der Waals surface area contributed by atoms with Crippen LogP contribution in [-0.4, -0.2) is 28.4 Å². The minimum absolute atomic E-state index is 0.0291. The molecule has 5 rings (SSSR count). The number of aliphatic hydroxyl groups is 1. The van der Waals surface area contributed by atoms with Gasteiger partial charge >= 0.3 is 0 Å². The van der Waals surface area contributed by atoms with Gasteiger partial charge in [0.05, 0.1) is 23.2 Å². The minimum Gasteiger partial charge on any atom is -0.507 e. The summed E-state index contributed by atoms with van der Waals surface area (Å²) in [4.78, 5) is 31.6. The first kappa shape index (κ1) is 22.7. The Morgan fingerprint density at radius 2 is 1.83 bits per heavy atom. The second-order valence-corrected chi connectivity index (χ2v) is 8.73. The van der Waals surface area contributed by atoms with E-state index in [0.717, 1.165) is 16.5 Å². The van der Waals surface area contributed by atoms with Gasteiger partial charge in [-0.25, -0.2) is 0 Å². The Kier molecular flexibility index (Phi) is 5.83. The molecule has 176 valence electrons. The molecule has 1 aliphatic rings.